The van der Waals surface area contributed by atoms with E-state index >= 15 is 0 Å². The number of hydrogen-bond acceptors (Lipinski definition) is 3. The van der Waals surface area contributed by atoms with Crippen LogP contribution in [0.4, 0.5) is 0 Å². The van der Waals surface area contributed by atoms with Gasteiger partial charge in [0.05, 0.1) is 11.4 Å². The highest BCUT2D eigenvalue weighted by molar-refractivity contribution is 9.10. The minimum absolute atomic E-state index is 0.0958. The minimum atomic E-state index is -0.0958. The van der Waals surface area contributed by atoms with Gasteiger partial charge in [0, 0.05) is 26.2 Å². The van der Waals surface area contributed by atoms with Gasteiger partial charge in [0.2, 0.25) is 11.8 Å². The van der Waals surface area contributed by atoms with Crippen LogP contribution in [0, 0.1) is 0 Å². The first-order valence-electron chi connectivity index (χ1n) is 6.31. The molecule has 0 aromatic carbocycles. The van der Waals surface area contributed by atoms with E-state index in [4.69, 9.17) is 0 Å². The number of likely N-dealkylation sites (N-methyl/N-ethyl adjacent to an activating group) is 1. The molecule has 6 heteroatoms. The Labute approximate surface area is 117 Å². The highest BCUT2D eigenvalue weighted by Crippen LogP contribution is 2.11. The van der Waals surface area contributed by atoms with Crippen LogP contribution in [0.3, 0.4) is 0 Å². The van der Waals surface area contributed by atoms with Crippen molar-refractivity contribution in [3.8, 4) is 0 Å². The van der Waals surface area contributed by atoms with E-state index in [-0.39, 0.29) is 16.6 Å². The summed E-state index contributed by atoms with van der Waals surface area (Å²) in [6.07, 6.45) is 0.790. The van der Waals surface area contributed by atoms with Gasteiger partial charge in [0.1, 0.15) is 0 Å². The normalized spacial score (nSPS) is 18.1. The van der Waals surface area contributed by atoms with E-state index in [2.05, 4.69) is 15.9 Å². The zero-order valence-corrected chi connectivity index (χ0v) is 12.9. The lowest BCUT2D eigenvalue weighted by Gasteiger charge is -2.36. The van der Waals surface area contributed by atoms with Crippen molar-refractivity contribution in [3.05, 3.63) is 0 Å². The fourth-order valence-electron chi connectivity index (χ4n) is 1.92. The summed E-state index contributed by atoms with van der Waals surface area (Å²) in [5, 5.41) is 0. The number of carbonyl (C=O) groups is 2. The summed E-state index contributed by atoms with van der Waals surface area (Å²) < 4.78 is 0. The maximum Gasteiger partial charge on any atom is 0.236 e. The number of halogens is 1. The van der Waals surface area contributed by atoms with Gasteiger partial charge in [0.25, 0.3) is 0 Å². The summed E-state index contributed by atoms with van der Waals surface area (Å²) in [7, 11) is 3.77. The molecule has 1 rings (SSSR count). The average molecular weight is 320 g/mol. The number of rotatable bonds is 4. The molecule has 1 heterocycles. The first-order chi connectivity index (χ1) is 8.45. The molecule has 5 nitrogen and oxygen atoms in total. The van der Waals surface area contributed by atoms with E-state index in [1.807, 2.05) is 35.7 Å². The lowest BCUT2D eigenvalue weighted by molar-refractivity contribution is -0.139. The number of alkyl halides is 1. The molecule has 0 N–H and O–H groups in total. The van der Waals surface area contributed by atoms with Gasteiger partial charge in [-0.25, -0.2) is 0 Å². The molecule has 1 aliphatic heterocycles. The largest absolute Gasteiger partial charge is 0.338 e. The average Bonchev–Trinajstić information content (AvgIpc) is 2.36. The van der Waals surface area contributed by atoms with Crippen LogP contribution < -0.4 is 0 Å². The van der Waals surface area contributed by atoms with E-state index in [1.54, 1.807) is 0 Å². The predicted octanol–water partition coefficient (Wildman–Crippen LogP) is 0.392. The number of amides is 2. The van der Waals surface area contributed by atoms with Crippen molar-refractivity contribution < 1.29 is 9.59 Å². The highest BCUT2D eigenvalue weighted by Gasteiger charge is 2.26. The van der Waals surface area contributed by atoms with Crippen LogP contribution in [0.15, 0.2) is 0 Å². The molecule has 0 aliphatic carbocycles. The van der Waals surface area contributed by atoms with Crippen LogP contribution in [0.25, 0.3) is 0 Å². The topological polar surface area (TPSA) is 43.9 Å². The van der Waals surface area contributed by atoms with Crippen LogP contribution in [-0.4, -0.2) is 78.2 Å². The molecule has 1 unspecified atom stereocenters. The lowest BCUT2D eigenvalue weighted by Crippen LogP contribution is -2.53. The first-order valence-corrected chi connectivity index (χ1v) is 7.22. The Morgan fingerprint density at radius 3 is 2.11 bits per heavy atom. The smallest absolute Gasteiger partial charge is 0.236 e. The molecule has 1 atom stereocenters. The Kier molecular flexibility index (Phi) is 6.08. The van der Waals surface area contributed by atoms with Crippen molar-refractivity contribution in [3.63, 3.8) is 0 Å². The lowest BCUT2D eigenvalue weighted by atomic mass is 10.2. The Balaban J connectivity index is 2.41. The van der Waals surface area contributed by atoms with Crippen molar-refractivity contribution in [2.45, 2.75) is 18.2 Å². The Morgan fingerprint density at radius 1 is 1.17 bits per heavy atom. The summed E-state index contributed by atoms with van der Waals surface area (Å²) in [6.45, 7) is 4.97. The molecule has 1 saturated heterocycles. The number of hydrogen-bond donors (Lipinski definition) is 0. The van der Waals surface area contributed by atoms with E-state index in [0.29, 0.717) is 32.7 Å². The third-order valence-corrected chi connectivity index (χ3v) is 4.06. The summed E-state index contributed by atoms with van der Waals surface area (Å²) >= 11 is 3.38. The van der Waals surface area contributed by atoms with Gasteiger partial charge in [-0.2, -0.15) is 0 Å². The summed E-state index contributed by atoms with van der Waals surface area (Å²) in [5.41, 5.74) is 0. The fraction of sp³-hybridized carbons (Fsp3) is 0.833. The summed E-state index contributed by atoms with van der Waals surface area (Å²) in [5.74, 6) is 0.273. The zero-order chi connectivity index (χ0) is 13.7. The van der Waals surface area contributed by atoms with Crippen molar-refractivity contribution in [1.29, 1.82) is 0 Å². The zero-order valence-electron chi connectivity index (χ0n) is 11.4. The number of nitrogens with zero attached hydrogens (tertiary/aromatic N) is 3. The molecule has 2 amide bonds. The van der Waals surface area contributed by atoms with Crippen LogP contribution >= 0.6 is 15.9 Å². The van der Waals surface area contributed by atoms with Crippen LogP contribution in [0.1, 0.15) is 13.3 Å². The van der Waals surface area contributed by atoms with E-state index in [9.17, 15) is 9.59 Å². The molecule has 1 aliphatic rings. The number of carbonyl (C=O) groups excluding carboxylic acids is 2. The molecule has 18 heavy (non-hydrogen) atoms. The Bertz CT molecular complexity index is 302. The third-order valence-electron chi connectivity index (χ3n) is 3.02. The van der Waals surface area contributed by atoms with Crippen molar-refractivity contribution in [2.24, 2.45) is 0 Å². The predicted molar refractivity (Wildman–Crippen MR) is 74.7 cm³/mol. The van der Waals surface area contributed by atoms with Gasteiger partial charge in [-0.3, -0.25) is 9.59 Å². The van der Waals surface area contributed by atoms with Gasteiger partial charge in [-0.05, 0) is 20.5 Å². The second-order valence-corrected chi connectivity index (χ2v) is 5.92. The molecule has 0 saturated carbocycles. The molecular weight excluding hydrogens is 298 g/mol. The maximum atomic E-state index is 12.0. The summed E-state index contributed by atoms with van der Waals surface area (Å²) in [6, 6.07) is 0. The first kappa shape index (κ1) is 15.4. The molecule has 0 radical (unpaired) electrons. The van der Waals surface area contributed by atoms with Gasteiger partial charge in [0.15, 0.2) is 0 Å². The highest BCUT2D eigenvalue weighted by atomic mass is 79.9. The summed E-state index contributed by atoms with van der Waals surface area (Å²) in [4.78, 5) is 29.2. The van der Waals surface area contributed by atoms with Crippen LogP contribution in [0.5, 0.6) is 0 Å². The SMILES string of the molecule is CCC(Br)C(=O)N1CCN(C(=O)CN(C)C)CC1. The molecule has 1 fully saturated rings. The molecular formula is C12H22BrN3O2. The Morgan fingerprint density at radius 2 is 1.67 bits per heavy atom. The van der Waals surface area contributed by atoms with Gasteiger partial charge >= 0.3 is 0 Å². The Hall–Kier alpha value is -0.620. The molecule has 0 spiro atoms. The van der Waals surface area contributed by atoms with Crippen molar-refractivity contribution in [1.82, 2.24) is 14.7 Å². The fourth-order valence-corrected chi connectivity index (χ4v) is 2.21. The van der Waals surface area contributed by atoms with Crippen LogP contribution in [0.2, 0.25) is 0 Å². The van der Waals surface area contributed by atoms with Gasteiger partial charge in [-0.15, -0.1) is 0 Å². The van der Waals surface area contributed by atoms with E-state index in [1.165, 1.54) is 0 Å². The van der Waals surface area contributed by atoms with E-state index in [0.717, 1.165) is 6.42 Å². The molecule has 104 valence electrons. The number of piperazine rings is 1. The van der Waals surface area contributed by atoms with E-state index < -0.39 is 0 Å². The van der Waals surface area contributed by atoms with Crippen molar-refractivity contribution in [2.75, 3.05) is 46.8 Å². The second-order valence-electron chi connectivity index (χ2n) is 4.82. The molecule has 0 bridgehead atoms. The van der Waals surface area contributed by atoms with Crippen molar-refractivity contribution >= 4 is 27.7 Å². The quantitative estimate of drug-likeness (QED) is 0.704. The monoisotopic (exact) mass is 319 g/mol. The standard InChI is InChI=1S/C12H22BrN3O2/c1-4-10(13)12(18)16-7-5-15(6-8-16)11(17)9-14(2)3/h10H,4-9H2,1-3H3. The molecule has 0 aromatic rings. The maximum absolute atomic E-state index is 12.0. The van der Waals surface area contributed by atoms with Crippen LogP contribution in [-0.2, 0) is 9.59 Å². The molecule has 0 aromatic heterocycles. The third kappa shape index (κ3) is 4.24. The second kappa shape index (κ2) is 7.09. The van der Waals surface area contributed by atoms with Gasteiger partial charge < -0.3 is 14.7 Å². The minimum Gasteiger partial charge on any atom is -0.338 e. The van der Waals surface area contributed by atoms with Gasteiger partial charge in [-0.1, -0.05) is 22.9 Å².